The van der Waals surface area contributed by atoms with E-state index in [0.717, 1.165) is 48.0 Å². The van der Waals surface area contributed by atoms with E-state index in [-0.39, 0.29) is 11.3 Å². The van der Waals surface area contributed by atoms with Crippen molar-refractivity contribution in [3.8, 4) is 5.75 Å². The van der Waals surface area contributed by atoms with Gasteiger partial charge in [-0.05, 0) is 49.6 Å². The molecule has 0 saturated carbocycles. The van der Waals surface area contributed by atoms with Crippen molar-refractivity contribution in [3.63, 3.8) is 0 Å². The lowest BCUT2D eigenvalue weighted by atomic mass is 9.78. The number of hydrogen-bond acceptors (Lipinski definition) is 7. The number of anilines is 2. The minimum absolute atomic E-state index is 0.0154. The monoisotopic (exact) mass is 474 g/mol. The van der Waals surface area contributed by atoms with Crippen LogP contribution in [0.2, 0.25) is 0 Å². The van der Waals surface area contributed by atoms with Gasteiger partial charge in [-0.25, -0.2) is 9.97 Å². The molecule has 0 spiro atoms. The number of hydrogen-bond donors (Lipinski definition) is 1. The third-order valence-corrected chi connectivity index (χ3v) is 6.54. The maximum atomic E-state index is 13.6. The lowest BCUT2D eigenvalue weighted by molar-refractivity contribution is 0.0647. The van der Waals surface area contributed by atoms with Crippen molar-refractivity contribution in [3.05, 3.63) is 71.4 Å². The number of amides is 1. The van der Waals surface area contributed by atoms with Crippen LogP contribution < -0.4 is 15.0 Å². The summed E-state index contributed by atoms with van der Waals surface area (Å²) in [5, 5.41) is 3.39. The predicted molar refractivity (Wildman–Crippen MR) is 138 cm³/mol. The highest BCUT2D eigenvalue weighted by atomic mass is 16.5. The van der Waals surface area contributed by atoms with E-state index in [9.17, 15) is 4.79 Å². The van der Waals surface area contributed by atoms with Gasteiger partial charge in [-0.1, -0.05) is 13.0 Å². The molecule has 1 N–H and O–H groups in total. The second-order valence-electron chi connectivity index (χ2n) is 9.57. The van der Waals surface area contributed by atoms with Crippen molar-refractivity contribution in [2.45, 2.75) is 38.6 Å². The average Bonchev–Trinajstić information content (AvgIpc) is 2.87. The van der Waals surface area contributed by atoms with E-state index < -0.39 is 0 Å². The van der Waals surface area contributed by atoms with E-state index in [1.165, 1.54) is 0 Å². The first-order chi connectivity index (χ1) is 16.8. The summed E-state index contributed by atoms with van der Waals surface area (Å²) < 4.78 is 5.53. The number of aryl methyl sites for hydroxylation is 1. The lowest BCUT2D eigenvalue weighted by Crippen LogP contribution is -2.47. The normalized spacial score (nSPS) is 17.7. The molecule has 3 aromatic rings. The van der Waals surface area contributed by atoms with Crippen molar-refractivity contribution in [1.29, 1.82) is 0 Å². The molecule has 184 valence electrons. The molecule has 1 atom stereocenters. The predicted octanol–water partition coefficient (Wildman–Crippen LogP) is 4.06. The van der Waals surface area contributed by atoms with Gasteiger partial charge in [-0.3, -0.25) is 9.78 Å². The minimum Gasteiger partial charge on any atom is -0.495 e. The number of aromatic nitrogens is 3. The van der Waals surface area contributed by atoms with Gasteiger partial charge in [0.05, 0.1) is 18.5 Å². The van der Waals surface area contributed by atoms with Gasteiger partial charge in [0.15, 0.2) is 0 Å². The van der Waals surface area contributed by atoms with Crippen LogP contribution in [0.15, 0.2) is 48.8 Å². The van der Waals surface area contributed by atoms with Gasteiger partial charge in [-0.15, -0.1) is 0 Å². The summed E-state index contributed by atoms with van der Waals surface area (Å²) >= 11 is 0. The molecule has 2 aromatic heterocycles. The van der Waals surface area contributed by atoms with Crippen molar-refractivity contribution < 1.29 is 9.53 Å². The third kappa shape index (κ3) is 5.53. The number of methoxy groups -OCH3 is 1. The van der Waals surface area contributed by atoms with Crippen LogP contribution in [0.5, 0.6) is 5.75 Å². The first-order valence-corrected chi connectivity index (χ1v) is 11.9. The maximum Gasteiger partial charge on any atom is 0.253 e. The molecule has 1 aliphatic heterocycles. The van der Waals surface area contributed by atoms with Crippen molar-refractivity contribution in [2.75, 3.05) is 44.5 Å². The maximum absolute atomic E-state index is 13.6. The van der Waals surface area contributed by atoms with Crippen molar-refractivity contribution in [1.82, 2.24) is 19.9 Å². The van der Waals surface area contributed by atoms with Gasteiger partial charge in [0.1, 0.15) is 17.4 Å². The minimum atomic E-state index is -0.236. The molecular weight excluding hydrogens is 440 g/mol. The summed E-state index contributed by atoms with van der Waals surface area (Å²) in [6.45, 7) is 6.04. The van der Waals surface area contributed by atoms with E-state index in [1.54, 1.807) is 13.3 Å². The van der Waals surface area contributed by atoms with Gasteiger partial charge in [0.25, 0.3) is 5.91 Å². The highest BCUT2D eigenvalue weighted by molar-refractivity contribution is 5.95. The smallest absolute Gasteiger partial charge is 0.253 e. The molecule has 35 heavy (non-hydrogen) atoms. The molecule has 0 unspecified atom stereocenters. The summed E-state index contributed by atoms with van der Waals surface area (Å²) in [6, 6.07) is 11.5. The van der Waals surface area contributed by atoms with E-state index in [2.05, 4.69) is 28.3 Å². The fraction of sp³-hybridized carbons (Fsp3) is 0.407. The SMILES string of the molecule is COc1ccc(C(=O)N2CCC[C@@](C)(c3cc(N(C)C)nc(C)n3)C2)cc1NCc1cccnc1. The Morgan fingerprint density at radius 2 is 2.06 bits per heavy atom. The van der Waals surface area contributed by atoms with Gasteiger partial charge < -0.3 is 19.9 Å². The molecule has 8 heteroatoms. The lowest BCUT2D eigenvalue weighted by Gasteiger charge is -2.40. The van der Waals surface area contributed by atoms with Crippen LogP contribution in [-0.4, -0.2) is 60.1 Å². The Morgan fingerprint density at radius 3 is 2.77 bits per heavy atom. The summed E-state index contributed by atoms with van der Waals surface area (Å²) in [7, 11) is 5.59. The number of nitrogens with zero attached hydrogens (tertiary/aromatic N) is 5. The van der Waals surface area contributed by atoms with E-state index >= 15 is 0 Å². The second kappa shape index (κ2) is 10.3. The number of piperidine rings is 1. The molecule has 1 saturated heterocycles. The Morgan fingerprint density at radius 1 is 1.23 bits per heavy atom. The number of likely N-dealkylation sites (tertiary alicyclic amines) is 1. The van der Waals surface area contributed by atoms with E-state index in [4.69, 9.17) is 9.72 Å². The second-order valence-corrected chi connectivity index (χ2v) is 9.57. The molecule has 0 bridgehead atoms. The number of nitrogens with one attached hydrogen (secondary N) is 1. The van der Waals surface area contributed by atoms with Crippen LogP contribution in [-0.2, 0) is 12.0 Å². The first kappa shape index (κ1) is 24.4. The number of ether oxygens (including phenoxy) is 1. The Kier molecular flexibility index (Phi) is 7.19. The standard InChI is InChI=1S/C27H34N6O2/c1-19-30-24(15-25(31-19)32(3)4)27(2)11-7-13-33(18-27)26(34)21-9-10-23(35-5)22(14-21)29-17-20-8-6-12-28-16-20/h6,8-10,12,14-16,29H,7,11,13,17-18H2,1-5H3/t27-/m1/s1. The first-order valence-electron chi connectivity index (χ1n) is 11.9. The topological polar surface area (TPSA) is 83.5 Å². The van der Waals surface area contributed by atoms with Crippen LogP contribution in [0.25, 0.3) is 0 Å². The van der Waals surface area contributed by atoms with Crippen LogP contribution in [0.4, 0.5) is 11.5 Å². The molecule has 0 radical (unpaired) electrons. The Hall–Kier alpha value is -3.68. The Bertz CT molecular complexity index is 1180. The number of rotatable bonds is 7. The zero-order valence-corrected chi connectivity index (χ0v) is 21.2. The zero-order chi connectivity index (χ0) is 25.0. The van der Waals surface area contributed by atoms with Crippen LogP contribution in [0.3, 0.4) is 0 Å². The molecule has 1 amide bonds. The van der Waals surface area contributed by atoms with Crippen LogP contribution >= 0.6 is 0 Å². The molecule has 4 rings (SSSR count). The largest absolute Gasteiger partial charge is 0.495 e. The fourth-order valence-electron chi connectivity index (χ4n) is 4.57. The molecular formula is C27H34N6O2. The van der Waals surface area contributed by atoms with Crippen molar-refractivity contribution in [2.24, 2.45) is 0 Å². The van der Waals surface area contributed by atoms with Gasteiger partial charge in [-0.2, -0.15) is 0 Å². The summed E-state index contributed by atoms with van der Waals surface area (Å²) in [5.74, 6) is 2.34. The molecule has 8 nitrogen and oxygen atoms in total. The van der Waals surface area contributed by atoms with Crippen LogP contribution in [0.1, 0.15) is 47.2 Å². The van der Waals surface area contributed by atoms with Gasteiger partial charge >= 0.3 is 0 Å². The number of carbonyl (C=O) groups is 1. The summed E-state index contributed by atoms with van der Waals surface area (Å²) in [4.78, 5) is 31.0. The molecule has 1 aromatic carbocycles. The third-order valence-electron chi connectivity index (χ3n) is 6.54. The zero-order valence-electron chi connectivity index (χ0n) is 21.2. The average molecular weight is 475 g/mol. The Labute approximate surface area is 207 Å². The van der Waals surface area contributed by atoms with Gasteiger partial charge in [0.2, 0.25) is 0 Å². The van der Waals surface area contributed by atoms with Crippen LogP contribution in [0, 0.1) is 6.92 Å². The fourth-order valence-corrected chi connectivity index (χ4v) is 4.57. The number of pyridine rings is 1. The highest BCUT2D eigenvalue weighted by Gasteiger charge is 2.36. The van der Waals surface area contributed by atoms with Gasteiger partial charge in [0, 0.05) is 63.2 Å². The quantitative estimate of drug-likeness (QED) is 0.553. The summed E-state index contributed by atoms with van der Waals surface area (Å²) in [6.07, 6.45) is 5.46. The van der Waals surface area contributed by atoms with E-state index in [1.807, 2.05) is 67.3 Å². The number of carbonyl (C=O) groups excluding carboxylic acids is 1. The van der Waals surface area contributed by atoms with E-state index in [0.29, 0.717) is 24.4 Å². The number of benzene rings is 1. The summed E-state index contributed by atoms with van der Waals surface area (Å²) in [5.41, 5.74) is 3.22. The molecule has 1 aliphatic rings. The Balaban J connectivity index is 1.55. The highest BCUT2D eigenvalue weighted by Crippen LogP contribution is 2.35. The molecule has 0 aliphatic carbocycles. The molecule has 1 fully saturated rings. The van der Waals surface area contributed by atoms with Crippen molar-refractivity contribution >= 4 is 17.4 Å². The molecule has 3 heterocycles.